The van der Waals surface area contributed by atoms with E-state index in [-0.39, 0.29) is 0 Å². The number of aromatic nitrogens is 1. The second-order valence-corrected chi connectivity index (χ2v) is 5.94. The number of hydrogen-bond acceptors (Lipinski definition) is 0. The van der Waals surface area contributed by atoms with Crippen LogP contribution in [0.5, 0.6) is 0 Å². The third-order valence-corrected chi connectivity index (χ3v) is 4.28. The van der Waals surface area contributed by atoms with Crippen molar-refractivity contribution in [1.82, 2.24) is 4.98 Å². The van der Waals surface area contributed by atoms with E-state index < -0.39 is 0 Å². The predicted molar refractivity (Wildman–Crippen MR) is 92.9 cm³/mol. The summed E-state index contributed by atoms with van der Waals surface area (Å²) < 4.78 is 0. The van der Waals surface area contributed by atoms with Crippen molar-refractivity contribution >= 4 is 22.5 Å². The molecule has 0 spiro atoms. The van der Waals surface area contributed by atoms with Crippen molar-refractivity contribution in [1.29, 1.82) is 0 Å². The summed E-state index contributed by atoms with van der Waals surface area (Å²) in [7, 11) is 0. The van der Waals surface area contributed by atoms with Gasteiger partial charge in [0.2, 0.25) is 0 Å². The molecule has 1 aromatic heterocycles. The zero-order valence-corrected chi connectivity index (χ0v) is 12.8. The number of hydrogen-bond donors (Lipinski definition) is 1. The van der Waals surface area contributed by atoms with Crippen molar-refractivity contribution in [2.24, 2.45) is 0 Å². The monoisotopic (exact) mass is 304 g/mol. The molecule has 0 aliphatic heterocycles. The Balaban J connectivity index is 1.86. The second-order valence-electron chi connectivity index (χ2n) is 5.50. The fraction of sp³-hybridized carbons (Fsp3) is 0.0500. The molecule has 1 fully saturated rings. The average Bonchev–Trinajstić information content (AvgIpc) is 3.17. The summed E-state index contributed by atoms with van der Waals surface area (Å²) in [6.07, 6.45) is 9.40. The number of halogens is 1. The highest BCUT2D eigenvalue weighted by Crippen LogP contribution is 2.36. The molecular weight excluding hydrogens is 290 g/mol. The summed E-state index contributed by atoms with van der Waals surface area (Å²) >= 11 is 6.21. The molecule has 2 aromatic carbocycles. The number of aromatic amines is 1. The molecule has 0 bridgehead atoms. The lowest BCUT2D eigenvalue weighted by molar-refractivity contribution is 1.06. The fourth-order valence-electron chi connectivity index (χ4n) is 2.99. The van der Waals surface area contributed by atoms with Crippen LogP contribution >= 0.6 is 11.6 Å². The molecule has 1 aliphatic rings. The highest BCUT2D eigenvalue weighted by atomic mass is 35.5. The summed E-state index contributed by atoms with van der Waals surface area (Å²) in [6.45, 7) is 0. The Bertz CT molecular complexity index is 782. The molecule has 0 atom stereocenters. The maximum atomic E-state index is 6.21. The van der Waals surface area contributed by atoms with Gasteiger partial charge in [-0.15, -0.1) is 0 Å². The van der Waals surface area contributed by atoms with Gasteiger partial charge in [0.15, 0.2) is 0 Å². The lowest BCUT2D eigenvalue weighted by Crippen LogP contribution is -1.98. The Hall–Kier alpha value is -1.73. The van der Waals surface area contributed by atoms with E-state index in [4.69, 9.17) is 11.6 Å². The van der Waals surface area contributed by atoms with Gasteiger partial charge >= 0.3 is 0 Å². The first-order valence-electron chi connectivity index (χ1n) is 7.37. The molecule has 2 heteroatoms. The van der Waals surface area contributed by atoms with Crippen LogP contribution in [0.1, 0.15) is 5.56 Å². The van der Waals surface area contributed by atoms with E-state index in [9.17, 15) is 0 Å². The summed E-state index contributed by atoms with van der Waals surface area (Å²) in [5.41, 5.74) is 4.81. The van der Waals surface area contributed by atoms with Crippen LogP contribution in [-0.4, -0.2) is 4.98 Å². The summed E-state index contributed by atoms with van der Waals surface area (Å²) in [6, 6.07) is 16.5. The van der Waals surface area contributed by atoms with Crippen molar-refractivity contribution < 1.29 is 0 Å². The predicted octanol–water partition coefficient (Wildman–Crippen LogP) is 5.44. The van der Waals surface area contributed by atoms with Gasteiger partial charge in [0.1, 0.15) is 0 Å². The van der Waals surface area contributed by atoms with Gasteiger partial charge in [-0.3, -0.25) is 0 Å². The molecule has 1 nitrogen and oxygen atoms in total. The number of rotatable bonds is 3. The first-order chi connectivity index (χ1) is 10.8. The molecule has 4 rings (SSSR count). The summed E-state index contributed by atoms with van der Waals surface area (Å²) in [5, 5.41) is 1.97. The Labute approximate surface area is 136 Å². The van der Waals surface area contributed by atoms with Crippen LogP contribution in [0.2, 0.25) is 5.02 Å². The molecule has 0 amide bonds. The third kappa shape index (κ3) is 2.55. The molecule has 1 heterocycles. The minimum absolute atomic E-state index is 0.773. The van der Waals surface area contributed by atoms with Crippen LogP contribution in [0.3, 0.4) is 0 Å². The van der Waals surface area contributed by atoms with E-state index in [0.717, 1.165) is 17.0 Å². The Morgan fingerprint density at radius 3 is 2.45 bits per heavy atom. The van der Waals surface area contributed by atoms with Gasteiger partial charge in [-0.05, 0) is 67.3 Å². The molecule has 1 aliphatic carbocycles. The molecule has 1 N–H and O–H groups in total. The first kappa shape index (κ1) is 13.9. The van der Waals surface area contributed by atoms with E-state index in [1.54, 1.807) is 0 Å². The fourth-order valence-corrected chi connectivity index (χ4v) is 3.16. The van der Waals surface area contributed by atoms with Gasteiger partial charge in [0.25, 0.3) is 0 Å². The van der Waals surface area contributed by atoms with E-state index in [1.807, 2.05) is 12.1 Å². The van der Waals surface area contributed by atoms with E-state index in [1.165, 1.54) is 28.1 Å². The smallest absolute Gasteiger partial charge is 0.0497 e. The van der Waals surface area contributed by atoms with Crippen LogP contribution in [-0.2, 0) is 6.42 Å². The van der Waals surface area contributed by atoms with Gasteiger partial charge in [-0.2, -0.15) is 0 Å². The Kier molecular flexibility index (Phi) is 3.67. The van der Waals surface area contributed by atoms with Gasteiger partial charge in [0, 0.05) is 21.6 Å². The Morgan fingerprint density at radius 2 is 1.68 bits per heavy atom. The van der Waals surface area contributed by atoms with E-state index in [2.05, 4.69) is 67.1 Å². The molecule has 0 unspecified atom stereocenters. The van der Waals surface area contributed by atoms with Crippen LogP contribution in [0.15, 0.2) is 48.5 Å². The molecule has 22 heavy (non-hydrogen) atoms. The van der Waals surface area contributed by atoms with Gasteiger partial charge in [-0.1, -0.05) is 41.9 Å². The summed E-state index contributed by atoms with van der Waals surface area (Å²) in [4.78, 5) is 3.56. The van der Waals surface area contributed by atoms with Crippen molar-refractivity contribution in [3.63, 3.8) is 0 Å². The highest BCUT2D eigenvalue weighted by Gasteiger charge is 2.22. The van der Waals surface area contributed by atoms with Crippen molar-refractivity contribution in [3.05, 3.63) is 90.7 Å². The molecule has 0 saturated heterocycles. The maximum Gasteiger partial charge on any atom is 0.0497 e. The molecule has 5 radical (unpaired) electrons. The lowest BCUT2D eigenvalue weighted by Gasteiger charge is -2.10. The molecule has 3 aromatic rings. The SMILES string of the molecule is Clc1ccc2[nH]c(-c3ccccc3)c(C[C]3[CH][CH][CH][CH]3)c2c1. The third-order valence-electron chi connectivity index (χ3n) is 4.04. The maximum absolute atomic E-state index is 6.21. The highest BCUT2D eigenvalue weighted by molar-refractivity contribution is 6.31. The van der Waals surface area contributed by atoms with Crippen molar-refractivity contribution in [2.75, 3.05) is 0 Å². The minimum atomic E-state index is 0.773. The quantitative estimate of drug-likeness (QED) is 0.663. The van der Waals surface area contributed by atoms with Crippen LogP contribution < -0.4 is 0 Å². The number of nitrogens with one attached hydrogen (secondary N) is 1. The normalized spacial score (nSPS) is 15.7. The standard InChI is InChI=1S/C20H15ClN/c21-16-10-11-19-17(13-16)18(12-14-6-4-5-7-14)20(22-19)15-8-2-1-3-9-15/h1-11,13,22H,12H2. The zero-order valence-electron chi connectivity index (χ0n) is 12.0. The zero-order chi connectivity index (χ0) is 14.9. The van der Waals surface area contributed by atoms with Crippen molar-refractivity contribution in [2.45, 2.75) is 6.42 Å². The van der Waals surface area contributed by atoms with Crippen LogP contribution in [0.4, 0.5) is 0 Å². The van der Waals surface area contributed by atoms with E-state index >= 15 is 0 Å². The molecule has 1 saturated carbocycles. The number of H-pyrrole nitrogens is 1. The van der Waals surface area contributed by atoms with Gasteiger partial charge in [0.05, 0.1) is 0 Å². The topological polar surface area (TPSA) is 15.8 Å². The Morgan fingerprint density at radius 1 is 0.909 bits per heavy atom. The average molecular weight is 305 g/mol. The van der Waals surface area contributed by atoms with Crippen LogP contribution in [0, 0.1) is 31.6 Å². The lowest BCUT2D eigenvalue weighted by atomic mass is 9.94. The molecular formula is C20H15ClN. The minimum Gasteiger partial charge on any atom is -0.354 e. The van der Waals surface area contributed by atoms with Crippen molar-refractivity contribution in [3.8, 4) is 11.3 Å². The summed E-state index contributed by atoms with van der Waals surface area (Å²) in [5.74, 6) is 1.32. The second kappa shape index (κ2) is 5.81. The van der Waals surface area contributed by atoms with E-state index in [0.29, 0.717) is 0 Å². The van der Waals surface area contributed by atoms with Gasteiger partial charge < -0.3 is 4.98 Å². The molecule has 107 valence electrons. The first-order valence-corrected chi connectivity index (χ1v) is 7.75. The number of fused-ring (bicyclic) bond motifs is 1. The number of benzene rings is 2. The van der Waals surface area contributed by atoms with Crippen LogP contribution in [0.25, 0.3) is 22.2 Å². The van der Waals surface area contributed by atoms with Gasteiger partial charge in [-0.25, -0.2) is 0 Å². The largest absolute Gasteiger partial charge is 0.354 e.